The number of nitrogens with zero attached hydrogens (tertiary/aromatic N) is 1. The standard InChI is InChI=1S/C17H13NO2/c19-16-17(11-14(17)12-7-3-1-4-8-12)18-15(20-16)13-9-5-2-6-10-13/h1-10,14H,11H2/t14-,17+/m1/s1. The van der Waals surface area contributed by atoms with Crippen LogP contribution in [0.2, 0.25) is 0 Å². The molecule has 0 saturated heterocycles. The molecule has 0 unspecified atom stereocenters. The zero-order valence-corrected chi connectivity index (χ0v) is 10.8. The largest absolute Gasteiger partial charge is 0.405 e. The van der Waals surface area contributed by atoms with E-state index in [1.54, 1.807) is 0 Å². The molecular weight excluding hydrogens is 250 g/mol. The maximum Gasteiger partial charge on any atom is 0.341 e. The van der Waals surface area contributed by atoms with Gasteiger partial charge in [-0.1, -0.05) is 48.5 Å². The molecule has 3 nitrogen and oxygen atoms in total. The summed E-state index contributed by atoms with van der Waals surface area (Å²) in [6.07, 6.45) is 0.742. The van der Waals surface area contributed by atoms with E-state index in [4.69, 9.17) is 4.74 Å². The van der Waals surface area contributed by atoms with Crippen molar-refractivity contribution >= 4 is 11.9 Å². The Morgan fingerprint density at radius 1 is 1.00 bits per heavy atom. The molecule has 1 aliphatic carbocycles. The minimum atomic E-state index is -0.674. The van der Waals surface area contributed by atoms with Crippen molar-refractivity contribution in [3.63, 3.8) is 0 Å². The van der Waals surface area contributed by atoms with Crippen LogP contribution in [0.3, 0.4) is 0 Å². The Morgan fingerprint density at radius 3 is 2.35 bits per heavy atom. The molecule has 0 bridgehead atoms. The first-order chi connectivity index (χ1) is 9.79. The number of carbonyl (C=O) groups is 1. The normalized spacial score (nSPS) is 27.3. The second kappa shape index (κ2) is 4.04. The van der Waals surface area contributed by atoms with Gasteiger partial charge in [-0.2, -0.15) is 0 Å². The number of hydrogen-bond donors (Lipinski definition) is 0. The van der Waals surface area contributed by atoms with Crippen molar-refractivity contribution < 1.29 is 9.53 Å². The zero-order chi connectivity index (χ0) is 13.6. The highest BCUT2D eigenvalue weighted by atomic mass is 16.6. The van der Waals surface area contributed by atoms with E-state index in [2.05, 4.69) is 4.99 Å². The van der Waals surface area contributed by atoms with Gasteiger partial charge in [0.2, 0.25) is 5.90 Å². The van der Waals surface area contributed by atoms with Gasteiger partial charge in [0.1, 0.15) is 0 Å². The number of rotatable bonds is 2. The monoisotopic (exact) mass is 263 g/mol. The highest BCUT2D eigenvalue weighted by Crippen LogP contribution is 2.57. The third kappa shape index (κ3) is 1.59. The minimum Gasteiger partial charge on any atom is -0.405 e. The van der Waals surface area contributed by atoms with Gasteiger partial charge in [-0.25, -0.2) is 9.79 Å². The van der Waals surface area contributed by atoms with Crippen LogP contribution in [-0.4, -0.2) is 17.4 Å². The summed E-state index contributed by atoms with van der Waals surface area (Å²) >= 11 is 0. The third-order valence-corrected chi connectivity index (χ3v) is 4.00. The smallest absolute Gasteiger partial charge is 0.341 e. The minimum absolute atomic E-state index is 0.150. The summed E-state index contributed by atoms with van der Waals surface area (Å²) in [4.78, 5) is 16.8. The molecule has 2 atom stereocenters. The van der Waals surface area contributed by atoms with Crippen LogP contribution in [-0.2, 0) is 9.53 Å². The van der Waals surface area contributed by atoms with E-state index < -0.39 is 5.54 Å². The Labute approximate surface area is 116 Å². The zero-order valence-electron chi connectivity index (χ0n) is 10.8. The molecule has 20 heavy (non-hydrogen) atoms. The molecule has 1 saturated carbocycles. The SMILES string of the molecule is O=C1OC(c2ccccc2)=N[C@]12C[C@@H]2c1ccccc1. The van der Waals surface area contributed by atoms with Crippen LogP contribution >= 0.6 is 0 Å². The van der Waals surface area contributed by atoms with Gasteiger partial charge in [0.15, 0.2) is 5.54 Å². The van der Waals surface area contributed by atoms with Gasteiger partial charge >= 0.3 is 5.97 Å². The van der Waals surface area contributed by atoms with Gasteiger partial charge in [0.05, 0.1) is 0 Å². The summed E-state index contributed by atoms with van der Waals surface area (Å²) in [5.74, 6) is 0.386. The van der Waals surface area contributed by atoms with E-state index >= 15 is 0 Å². The number of cyclic esters (lactones) is 1. The highest BCUT2D eigenvalue weighted by Gasteiger charge is 2.65. The van der Waals surface area contributed by atoms with E-state index in [1.165, 1.54) is 0 Å². The summed E-state index contributed by atoms with van der Waals surface area (Å²) in [5.41, 5.74) is 1.34. The van der Waals surface area contributed by atoms with Crippen LogP contribution in [0.1, 0.15) is 23.5 Å². The van der Waals surface area contributed by atoms with E-state index in [9.17, 15) is 4.79 Å². The Kier molecular flexibility index (Phi) is 2.30. The molecule has 1 fully saturated rings. The lowest BCUT2D eigenvalue weighted by atomic mass is 10.1. The second-order valence-electron chi connectivity index (χ2n) is 5.26. The molecule has 0 aromatic heterocycles. The van der Waals surface area contributed by atoms with Gasteiger partial charge in [0.25, 0.3) is 0 Å². The molecule has 1 spiro atoms. The van der Waals surface area contributed by atoms with Crippen LogP contribution in [0.15, 0.2) is 65.7 Å². The summed E-state index contributed by atoms with van der Waals surface area (Å²) in [7, 11) is 0. The van der Waals surface area contributed by atoms with Gasteiger partial charge in [-0.05, 0) is 24.1 Å². The van der Waals surface area contributed by atoms with E-state index in [1.807, 2.05) is 60.7 Å². The first-order valence-electron chi connectivity index (χ1n) is 6.72. The average Bonchev–Trinajstić information content (AvgIpc) is 3.14. The summed E-state index contributed by atoms with van der Waals surface area (Å²) < 4.78 is 5.39. The van der Waals surface area contributed by atoms with E-state index in [0.29, 0.717) is 5.90 Å². The molecule has 3 heteroatoms. The predicted molar refractivity (Wildman–Crippen MR) is 75.6 cm³/mol. The van der Waals surface area contributed by atoms with Crippen LogP contribution in [0.4, 0.5) is 0 Å². The maximum absolute atomic E-state index is 12.2. The summed E-state index contributed by atoms with van der Waals surface area (Å²) in [6, 6.07) is 19.6. The fraction of sp³-hybridized carbons (Fsp3) is 0.176. The fourth-order valence-electron chi connectivity index (χ4n) is 2.81. The lowest BCUT2D eigenvalue weighted by molar-refractivity contribution is -0.136. The molecule has 2 aromatic carbocycles. The van der Waals surface area contributed by atoms with Crippen LogP contribution in [0, 0.1) is 0 Å². The molecule has 0 N–H and O–H groups in total. The molecule has 1 aliphatic heterocycles. The van der Waals surface area contributed by atoms with Crippen molar-refractivity contribution in [2.75, 3.05) is 0 Å². The molecule has 98 valence electrons. The molecule has 1 heterocycles. The topological polar surface area (TPSA) is 38.7 Å². The van der Waals surface area contributed by atoms with Crippen LogP contribution < -0.4 is 0 Å². The van der Waals surface area contributed by atoms with Crippen LogP contribution in [0.25, 0.3) is 0 Å². The third-order valence-electron chi connectivity index (χ3n) is 4.00. The molecular formula is C17H13NO2. The Bertz CT molecular complexity index is 693. The number of ether oxygens (including phenoxy) is 1. The van der Waals surface area contributed by atoms with Crippen LogP contribution in [0.5, 0.6) is 0 Å². The second-order valence-corrected chi connectivity index (χ2v) is 5.26. The van der Waals surface area contributed by atoms with Crippen molar-refractivity contribution in [3.8, 4) is 0 Å². The van der Waals surface area contributed by atoms with Crippen molar-refractivity contribution in [1.29, 1.82) is 0 Å². The molecule has 4 rings (SSSR count). The number of esters is 1. The van der Waals surface area contributed by atoms with Gasteiger partial charge in [-0.3, -0.25) is 0 Å². The van der Waals surface area contributed by atoms with Gasteiger partial charge in [-0.15, -0.1) is 0 Å². The molecule has 0 amide bonds. The number of benzene rings is 2. The molecule has 0 radical (unpaired) electrons. The van der Waals surface area contributed by atoms with Crippen molar-refractivity contribution in [2.24, 2.45) is 4.99 Å². The predicted octanol–water partition coefficient (Wildman–Crippen LogP) is 2.92. The molecule has 2 aromatic rings. The Balaban J connectivity index is 1.68. The summed E-state index contributed by atoms with van der Waals surface area (Å²) in [5, 5.41) is 0. The number of hydrogen-bond acceptors (Lipinski definition) is 3. The lowest BCUT2D eigenvalue weighted by Gasteiger charge is -2.01. The van der Waals surface area contributed by atoms with Crippen molar-refractivity contribution in [3.05, 3.63) is 71.8 Å². The first kappa shape index (κ1) is 11.4. The van der Waals surface area contributed by atoms with Gasteiger partial charge in [0, 0.05) is 11.5 Å². The number of aliphatic imine (C=N–C) groups is 1. The van der Waals surface area contributed by atoms with E-state index in [0.717, 1.165) is 17.5 Å². The highest BCUT2D eigenvalue weighted by molar-refractivity contribution is 6.09. The Morgan fingerprint density at radius 2 is 1.65 bits per heavy atom. The lowest BCUT2D eigenvalue weighted by Crippen LogP contribution is -2.18. The molecule has 2 aliphatic rings. The average molecular weight is 263 g/mol. The van der Waals surface area contributed by atoms with Gasteiger partial charge < -0.3 is 4.74 Å². The van der Waals surface area contributed by atoms with E-state index in [-0.39, 0.29) is 11.9 Å². The fourth-order valence-corrected chi connectivity index (χ4v) is 2.81. The maximum atomic E-state index is 12.2. The first-order valence-corrected chi connectivity index (χ1v) is 6.72. The van der Waals surface area contributed by atoms with Crippen molar-refractivity contribution in [2.45, 2.75) is 17.9 Å². The van der Waals surface area contributed by atoms with Crippen molar-refractivity contribution in [1.82, 2.24) is 0 Å². The Hall–Kier alpha value is -2.42. The quantitative estimate of drug-likeness (QED) is 0.781. The number of carbonyl (C=O) groups excluding carboxylic acids is 1. The summed E-state index contributed by atoms with van der Waals surface area (Å²) in [6.45, 7) is 0.